The standard InChI is InChI=1S/C18H21N3O4/c1-10-5-15(23)14(9-19-10)18(24)21-17(12-6-13(22)7-12)11-3-4-16(25-2)20-8-11/h3-5,8-9,12-13,17,22H,6-7H2,1-2H3,(H,19,23)(H,21,24)/t12?,13?,17-/m1/s1. The zero-order valence-electron chi connectivity index (χ0n) is 14.2. The molecule has 0 saturated heterocycles. The molecule has 0 aromatic carbocycles. The number of aliphatic hydroxyl groups is 1. The number of carbonyl (C=O) groups excluding carboxylic acids is 1. The van der Waals surface area contributed by atoms with Crippen LogP contribution in [0, 0.1) is 12.8 Å². The van der Waals surface area contributed by atoms with Gasteiger partial charge in [0.2, 0.25) is 5.88 Å². The summed E-state index contributed by atoms with van der Waals surface area (Å²) in [5.74, 6) is 0.139. The Kier molecular flexibility index (Phi) is 4.85. The molecule has 7 heteroatoms. The van der Waals surface area contributed by atoms with E-state index in [0.717, 1.165) is 5.56 Å². The van der Waals surface area contributed by atoms with E-state index in [4.69, 9.17) is 4.74 Å². The Morgan fingerprint density at radius 1 is 1.44 bits per heavy atom. The Morgan fingerprint density at radius 3 is 2.76 bits per heavy atom. The number of aryl methyl sites for hydroxylation is 1. The zero-order chi connectivity index (χ0) is 18.0. The van der Waals surface area contributed by atoms with Crippen molar-refractivity contribution in [3.05, 3.63) is 57.6 Å². The van der Waals surface area contributed by atoms with Crippen LogP contribution in [0.3, 0.4) is 0 Å². The number of ether oxygens (including phenoxy) is 1. The van der Waals surface area contributed by atoms with Crippen LogP contribution in [0.2, 0.25) is 0 Å². The number of aromatic nitrogens is 2. The Morgan fingerprint density at radius 2 is 2.20 bits per heavy atom. The SMILES string of the molecule is COc1ccc([C@@H](NC(=O)c2c[nH]c(C)cc2=O)C2CC(O)C2)cn1. The van der Waals surface area contributed by atoms with E-state index in [1.165, 1.54) is 19.4 Å². The fourth-order valence-corrected chi connectivity index (χ4v) is 3.04. The molecule has 0 spiro atoms. The van der Waals surface area contributed by atoms with Crippen molar-refractivity contribution in [1.82, 2.24) is 15.3 Å². The Labute approximate surface area is 145 Å². The van der Waals surface area contributed by atoms with E-state index < -0.39 is 5.91 Å². The summed E-state index contributed by atoms with van der Waals surface area (Å²) in [5, 5.41) is 12.5. The number of pyridine rings is 2. The Bertz CT molecular complexity index is 810. The highest BCUT2D eigenvalue weighted by Crippen LogP contribution is 2.38. The molecule has 2 aromatic heterocycles. The van der Waals surface area contributed by atoms with Crippen molar-refractivity contribution in [2.24, 2.45) is 5.92 Å². The van der Waals surface area contributed by atoms with Crippen LogP contribution in [-0.2, 0) is 0 Å². The number of hydrogen-bond acceptors (Lipinski definition) is 5. The minimum Gasteiger partial charge on any atom is -0.481 e. The van der Waals surface area contributed by atoms with Crippen molar-refractivity contribution in [2.75, 3.05) is 7.11 Å². The smallest absolute Gasteiger partial charge is 0.257 e. The Balaban J connectivity index is 1.84. The lowest BCUT2D eigenvalue weighted by Gasteiger charge is -2.38. The average molecular weight is 343 g/mol. The molecule has 0 radical (unpaired) electrons. The van der Waals surface area contributed by atoms with Gasteiger partial charge < -0.3 is 20.1 Å². The van der Waals surface area contributed by atoms with Gasteiger partial charge in [-0.25, -0.2) is 4.98 Å². The van der Waals surface area contributed by atoms with Crippen LogP contribution in [-0.4, -0.2) is 34.2 Å². The van der Waals surface area contributed by atoms with Crippen molar-refractivity contribution in [1.29, 1.82) is 0 Å². The number of hydrogen-bond donors (Lipinski definition) is 3. The van der Waals surface area contributed by atoms with Gasteiger partial charge in [-0.15, -0.1) is 0 Å². The van der Waals surface area contributed by atoms with Gasteiger partial charge in [0.25, 0.3) is 5.91 Å². The van der Waals surface area contributed by atoms with Crippen LogP contribution in [0.5, 0.6) is 5.88 Å². The quantitative estimate of drug-likeness (QED) is 0.760. The lowest BCUT2D eigenvalue weighted by atomic mass is 9.75. The maximum absolute atomic E-state index is 12.6. The molecule has 25 heavy (non-hydrogen) atoms. The predicted octanol–water partition coefficient (Wildman–Crippen LogP) is 1.33. The molecule has 2 aromatic rings. The topological polar surface area (TPSA) is 104 Å². The number of nitrogens with zero attached hydrogens (tertiary/aromatic N) is 1. The first-order chi connectivity index (χ1) is 12.0. The van der Waals surface area contributed by atoms with E-state index in [0.29, 0.717) is 24.4 Å². The molecule has 3 N–H and O–H groups in total. The van der Waals surface area contributed by atoms with Gasteiger partial charge in [0.15, 0.2) is 5.43 Å². The summed E-state index contributed by atoms with van der Waals surface area (Å²) >= 11 is 0. The van der Waals surface area contributed by atoms with Crippen molar-refractivity contribution >= 4 is 5.91 Å². The average Bonchev–Trinajstić information content (AvgIpc) is 2.57. The summed E-state index contributed by atoms with van der Waals surface area (Å²) in [5.41, 5.74) is 1.25. The normalized spacial score (nSPS) is 20.4. The fraction of sp³-hybridized carbons (Fsp3) is 0.389. The van der Waals surface area contributed by atoms with E-state index in [9.17, 15) is 14.7 Å². The second-order valence-electron chi connectivity index (χ2n) is 6.36. The molecule has 7 nitrogen and oxygen atoms in total. The molecule has 0 bridgehead atoms. The monoisotopic (exact) mass is 343 g/mol. The summed E-state index contributed by atoms with van der Waals surface area (Å²) < 4.78 is 5.06. The maximum Gasteiger partial charge on any atom is 0.257 e. The molecule has 1 aliphatic rings. The van der Waals surface area contributed by atoms with Crippen molar-refractivity contribution in [3.63, 3.8) is 0 Å². The zero-order valence-corrected chi connectivity index (χ0v) is 14.2. The fourth-order valence-electron chi connectivity index (χ4n) is 3.04. The third-order valence-corrected chi connectivity index (χ3v) is 4.54. The second kappa shape index (κ2) is 7.06. The highest BCUT2D eigenvalue weighted by molar-refractivity contribution is 5.94. The molecule has 1 amide bonds. The van der Waals surface area contributed by atoms with E-state index in [1.54, 1.807) is 19.2 Å². The Hall–Kier alpha value is -2.67. The van der Waals surface area contributed by atoms with Crippen LogP contribution in [0.25, 0.3) is 0 Å². The third kappa shape index (κ3) is 3.71. The third-order valence-electron chi connectivity index (χ3n) is 4.54. The van der Waals surface area contributed by atoms with Gasteiger partial charge in [-0.2, -0.15) is 0 Å². The van der Waals surface area contributed by atoms with Crippen LogP contribution in [0.1, 0.15) is 40.5 Å². The van der Waals surface area contributed by atoms with E-state index in [2.05, 4.69) is 15.3 Å². The second-order valence-corrected chi connectivity index (χ2v) is 6.36. The van der Waals surface area contributed by atoms with Crippen molar-refractivity contribution in [3.8, 4) is 5.88 Å². The molecular formula is C18H21N3O4. The lowest BCUT2D eigenvalue weighted by molar-refractivity contribution is 0.0234. The van der Waals surface area contributed by atoms with Gasteiger partial charge in [0.1, 0.15) is 5.56 Å². The number of rotatable bonds is 5. The summed E-state index contributed by atoms with van der Waals surface area (Å²) in [6.45, 7) is 1.75. The van der Waals surface area contributed by atoms with Gasteiger partial charge in [-0.3, -0.25) is 9.59 Å². The first-order valence-electron chi connectivity index (χ1n) is 8.16. The largest absolute Gasteiger partial charge is 0.481 e. The number of nitrogens with one attached hydrogen (secondary N) is 2. The predicted molar refractivity (Wildman–Crippen MR) is 91.5 cm³/mol. The van der Waals surface area contributed by atoms with Crippen molar-refractivity contribution in [2.45, 2.75) is 31.9 Å². The van der Waals surface area contributed by atoms with Crippen molar-refractivity contribution < 1.29 is 14.6 Å². The molecule has 132 valence electrons. The number of methoxy groups -OCH3 is 1. The van der Waals surface area contributed by atoms with Gasteiger partial charge in [-0.05, 0) is 31.2 Å². The minimum atomic E-state index is -0.441. The summed E-state index contributed by atoms with van der Waals surface area (Å²) in [4.78, 5) is 31.7. The van der Waals surface area contributed by atoms with Gasteiger partial charge in [0, 0.05) is 30.2 Å². The lowest BCUT2D eigenvalue weighted by Crippen LogP contribution is -2.42. The maximum atomic E-state index is 12.6. The molecule has 1 aliphatic carbocycles. The summed E-state index contributed by atoms with van der Waals surface area (Å²) in [6, 6.07) is 4.63. The molecule has 1 fully saturated rings. The van der Waals surface area contributed by atoms with E-state index in [1.807, 2.05) is 6.07 Å². The minimum absolute atomic E-state index is 0.0666. The van der Waals surface area contributed by atoms with Crippen LogP contribution < -0.4 is 15.5 Å². The number of aromatic amines is 1. The van der Waals surface area contributed by atoms with Gasteiger partial charge in [-0.1, -0.05) is 6.07 Å². The molecule has 0 unspecified atom stereocenters. The molecule has 0 aliphatic heterocycles. The van der Waals surface area contributed by atoms with Crippen LogP contribution >= 0.6 is 0 Å². The molecular weight excluding hydrogens is 322 g/mol. The number of aliphatic hydroxyl groups excluding tert-OH is 1. The van der Waals surface area contributed by atoms with Gasteiger partial charge in [0.05, 0.1) is 19.3 Å². The number of amides is 1. The summed E-state index contributed by atoms with van der Waals surface area (Å²) in [6.07, 6.45) is 3.92. The first kappa shape index (κ1) is 17.2. The number of carbonyl (C=O) groups is 1. The highest BCUT2D eigenvalue weighted by atomic mass is 16.5. The van der Waals surface area contributed by atoms with E-state index >= 15 is 0 Å². The van der Waals surface area contributed by atoms with Gasteiger partial charge >= 0.3 is 0 Å². The van der Waals surface area contributed by atoms with Crippen LogP contribution in [0.4, 0.5) is 0 Å². The summed E-state index contributed by atoms with van der Waals surface area (Å²) in [7, 11) is 1.53. The molecule has 3 rings (SSSR count). The number of H-pyrrole nitrogens is 1. The molecule has 2 heterocycles. The highest BCUT2D eigenvalue weighted by Gasteiger charge is 2.36. The van der Waals surface area contributed by atoms with E-state index in [-0.39, 0.29) is 29.1 Å². The molecule has 1 atom stereocenters. The van der Waals surface area contributed by atoms with Crippen LogP contribution in [0.15, 0.2) is 35.4 Å². The molecule has 1 saturated carbocycles. The first-order valence-corrected chi connectivity index (χ1v) is 8.16.